The third kappa shape index (κ3) is 2.46. The van der Waals surface area contributed by atoms with E-state index in [1.54, 1.807) is 6.07 Å². The van der Waals surface area contributed by atoms with E-state index in [-0.39, 0.29) is 11.2 Å². The third-order valence-corrected chi connectivity index (χ3v) is 4.87. The van der Waals surface area contributed by atoms with Crippen molar-refractivity contribution in [2.24, 2.45) is 0 Å². The number of halogens is 1. The summed E-state index contributed by atoms with van der Waals surface area (Å²) >= 11 is 0. The van der Waals surface area contributed by atoms with Gasteiger partial charge in [-0.05, 0) is 57.0 Å². The lowest BCUT2D eigenvalue weighted by Crippen LogP contribution is -2.41. The topological polar surface area (TPSA) is 29.9 Å². The van der Waals surface area contributed by atoms with Crippen LogP contribution in [0.15, 0.2) is 18.2 Å². The molecule has 2 aromatic rings. The van der Waals surface area contributed by atoms with Crippen LogP contribution in [0.25, 0.3) is 11.0 Å². The number of aryl methyl sites for hydroxylation is 1. The maximum absolute atomic E-state index is 13.6. The zero-order valence-electron chi connectivity index (χ0n) is 13.0. The molecule has 1 N–H and O–H groups in total. The quantitative estimate of drug-likeness (QED) is 0.931. The zero-order chi connectivity index (χ0) is 14.9. The molecule has 1 aromatic heterocycles. The van der Waals surface area contributed by atoms with Gasteiger partial charge < -0.3 is 9.88 Å². The number of imidazole rings is 1. The minimum atomic E-state index is -0.179. The minimum Gasteiger partial charge on any atom is -0.327 e. The first-order valence-electron chi connectivity index (χ1n) is 8.07. The fourth-order valence-corrected chi connectivity index (χ4v) is 3.59. The monoisotopic (exact) mass is 289 g/mol. The molecule has 0 aliphatic carbocycles. The van der Waals surface area contributed by atoms with Gasteiger partial charge in [-0.1, -0.05) is 13.8 Å². The van der Waals surface area contributed by atoms with Crippen molar-refractivity contribution < 1.29 is 4.39 Å². The first-order chi connectivity index (χ1) is 10.2. The Kier molecular flexibility index (Phi) is 3.98. The molecule has 1 aliphatic rings. The molecule has 1 aromatic carbocycles. The van der Waals surface area contributed by atoms with Crippen LogP contribution >= 0.6 is 0 Å². The molecule has 0 saturated carbocycles. The highest BCUT2D eigenvalue weighted by Crippen LogP contribution is 2.37. The number of hydrogen-bond donors (Lipinski definition) is 1. The van der Waals surface area contributed by atoms with E-state index in [2.05, 4.69) is 23.7 Å². The van der Waals surface area contributed by atoms with E-state index in [0.29, 0.717) is 0 Å². The van der Waals surface area contributed by atoms with Gasteiger partial charge in [0.05, 0.1) is 11.0 Å². The molecule has 3 nitrogen and oxygen atoms in total. The molecule has 0 amide bonds. The molecule has 1 fully saturated rings. The number of benzene rings is 1. The molecule has 3 rings (SSSR count). The molecule has 1 aliphatic heterocycles. The van der Waals surface area contributed by atoms with E-state index in [9.17, 15) is 4.39 Å². The molecule has 21 heavy (non-hydrogen) atoms. The van der Waals surface area contributed by atoms with Crippen LogP contribution in [0.2, 0.25) is 0 Å². The number of nitrogens with zero attached hydrogens (tertiary/aromatic N) is 2. The van der Waals surface area contributed by atoms with E-state index in [1.165, 1.54) is 6.07 Å². The second kappa shape index (κ2) is 5.76. The van der Waals surface area contributed by atoms with Crippen LogP contribution in [-0.4, -0.2) is 22.6 Å². The smallest absolute Gasteiger partial charge is 0.125 e. The summed E-state index contributed by atoms with van der Waals surface area (Å²) in [5.41, 5.74) is 2.00. The Labute approximate surface area is 125 Å². The van der Waals surface area contributed by atoms with E-state index in [0.717, 1.165) is 62.2 Å². The van der Waals surface area contributed by atoms with Gasteiger partial charge in [-0.25, -0.2) is 9.37 Å². The molecule has 114 valence electrons. The lowest BCUT2D eigenvalue weighted by molar-refractivity contribution is 0.274. The van der Waals surface area contributed by atoms with Crippen LogP contribution in [0.5, 0.6) is 0 Å². The number of hydrogen-bond acceptors (Lipinski definition) is 2. The largest absolute Gasteiger partial charge is 0.327 e. The molecule has 0 atom stereocenters. The molecule has 0 unspecified atom stereocenters. The number of nitrogens with one attached hydrogen (secondary N) is 1. The number of piperidine rings is 1. The van der Waals surface area contributed by atoms with Crippen LogP contribution < -0.4 is 5.32 Å². The van der Waals surface area contributed by atoms with E-state index < -0.39 is 0 Å². The molecule has 2 heterocycles. The van der Waals surface area contributed by atoms with Crippen molar-refractivity contribution in [3.05, 3.63) is 29.8 Å². The van der Waals surface area contributed by atoms with Crippen molar-refractivity contribution in [1.29, 1.82) is 0 Å². The predicted octanol–water partition coefficient (Wildman–Crippen LogP) is 3.62. The van der Waals surface area contributed by atoms with Crippen molar-refractivity contribution in [2.75, 3.05) is 13.1 Å². The molecular formula is C17H24FN3. The lowest BCUT2D eigenvalue weighted by Gasteiger charge is -2.36. The second-order valence-electron chi connectivity index (χ2n) is 6.10. The van der Waals surface area contributed by atoms with Gasteiger partial charge in [0.1, 0.15) is 11.6 Å². The van der Waals surface area contributed by atoms with Crippen molar-refractivity contribution >= 4 is 11.0 Å². The van der Waals surface area contributed by atoms with Crippen LogP contribution in [-0.2, 0) is 12.0 Å². The summed E-state index contributed by atoms with van der Waals surface area (Å²) in [5, 5.41) is 3.44. The summed E-state index contributed by atoms with van der Waals surface area (Å²) in [5.74, 6) is 0.983. The average molecular weight is 289 g/mol. The zero-order valence-corrected chi connectivity index (χ0v) is 13.0. The minimum absolute atomic E-state index is 0.135. The second-order valence-corrected chi connectivity index (χ2v) is 6.10. The van der Waals surface area contributed by atoms with E-state index in [1.807, 2.05) is 6.07 Å². The van der Waals surface area contributed by atoms with Gasteiger partial charge in [-0.3, -0.25) is 0 Å². The fraction of sp³-hybridized carbons (Fsp3) is 0.588. The Bertz CT molecular complexity index is 626. The van der Waals surface area contributed by atoms with Gasteiger partial charge in [0.15, 0.2) is 0 Å². The molecule has 0 radical (unpaired) electrons. The highest BCUT2D eigenvalue weighted by atomic mass is 19.1. The van der Waals surface area contributed by atoms with E-state index >= 15 is 0 Å². The number of fused-ring (bicyclic) bond motifs is 1. The van der Waals surface area contributed by atoms with Crippen molar-refractivity contribution in [3.8, 4) is 0 Å². The Morgan fingerprint density at radius 1 is 1.29 bits per heavy atom. The normalized spacial score (nSPS) is 18.2. The standard InChI is InChI=1S/C17H24FN3/c1-3-11-21-15-12-13(18)5-6-14(15)20-16(21)17(4-2)7-9-19-10-8-17/h5-6,12,19H,3-4,7-11H2,1-2H3. The van der Waals surface area contributed by atoms with Gasteiger partial charge >= 0.3 is 0 Å². The summed E-state index contributed by atoms with van der Waals surface area (Å²) < 4.78 is 15.9. The van der Waals surface area contributed by atoms with Gasteiger partial charge in [-0.2, -0.15) is 0 Å². The van der Waals surface area contributed by atoms with Crippen LogP contribution in [0.1, 0.15) is 45.4 Å². The summed E-state index contributed by atoms with van der Waals surface area (Å²) in [6, 6.07) is 4.95. The Morgan fingerprint density at radius 3 is 2.71 bits per heavy atom. The summed E-state index contributed by atoms with van der Waals surface area (Å²) in [7, 11) is 0. The van der Waals surface area contributed by atoms with Crippen molar-refractivity contribution in [2.45, 2.75) is 51.5 Å². The fourth-order valence-electron chi connectivity index (χ4n) is 3.59. The Morgan fingerprint density at radius 2 is 2.05 bits per heavy atom. The SMILES string of the molecule is CCCn1c(C2(CC)CCNCC2)nc2ccc(F)cc21. The molecule has 1 saturated heterocycles. The first kappa shape index (κ1) is 14.5. The van der Waals surface area contributed by atoms with E-state index in [4.69, 9.17) is 4.98 Å². The molecule has 4 heteroatoms. The molecule has 0 spiro atoms. The van der Waals surface area contributed by atoms with Gasteiger partial charge in [0, 0.05) is 12.0 Å². The van der Waals surface area contributed by atoms with Crippen molar-refractivity contribution in [3.63, 3.8) is 0 Å². The van der Waals surface area contributed by atoms with Gasteiger partial charge in [0.2, 0.25) is 0 Å². The summed E-state index contributed by atoms with van der Waals surface area (Å²) in [6.45, 7) is 7.40. The summed E-state index contributed by atoms with van der Waals surface area (Å²) in [6.07, 6.45) is 4.34. The maximum atomic E-state index is 13.6. The first-order valence-corrected chi connectivity index (χ1v) is 8.07. The number of aromatic nitrogens is 2. The molecular weight excluding hydrogens is 265 g/mol. The Hall–Kier alpha value is -1.42. The van der Waals surface area contributed by atoms with Crippen molar-refractivity contribution in [1.82, 2.24) is 14.9 Å². The summed E-state index contributed by atoms with van der Waals surface area (Å²) in [4.78, 5) is 4.91. The van der Waals surface area contributed by atoms with Gasteiger partial charge in [0.25, 0.3) is 0 Å². The maximum Gasteiger partial charge on any atom is 0.125 e. The van der Waals surface area contributed by atoms with Crippen LogP contribution in [0.3, 0.4) is 0 Å². The Balaban J connectivity index is 2.18. The highest BCUT2D eigenvalue weighted by Gasteiger charge is 2.36. The van der Waals surface area contributed by atoms with Crippen LogP contribution in [0, 0.1) is 5.82 Å². The average Bonchev–Trinajstić information content (AvgIpc) is 2.87. The van der Waals surface area contributed by atoms with Gasteiger partial charge in [-0.15, -0.1) is 0 Å². The highest BCUT2D eigenvalue weighted by molar-refractivity contribution is 5.76. The third-order valence-electron chi connectivity index (χ3n) is 4.87. The number of rotatable bonds is 4. The predicted molar refractivity (Wildman–Crippen MR) is 84.1 cm³/mol. The van der Waals surface area contributed by atoms with Crippen LogP contribution in [0.4, 0.5) is 4.39 Å². The molecule has 0 bridgehead atoms. The lowest BCUT2D eigenvalue weighted by atomic mass is 9.76.